The molecular weight excluding hydrogens is 509 g/mol. The maximum Gasteiger partial charge on any atom is 0.490 e. The van der Waals surface area contributed by atoms with Gasteiger partial charge in [-0.1, -0.05) is 48.5 Å². The Morgan fingerprint density at radius 2 is 1.54 bits per heavy atom. The summed E-state index contributed by atoms with van der Waals surface area (Å²) in [5.74, 6) is -2.31. The summed E-state index contributed by atoms with van der Waals surface area (Å²) in [6.07, 6.45) is -1.32. The summed E-state index contributed by atoms with van der Waals surface area (Å²) in [5.41, 5.74) is 5.98. The first kappa shape index (κ1) is 27.8. The molecule has 0 unspecified atom stereocenters. The summed E-state index contributed by atoms with van der Waals surface area (Å²) in [6.45, 7) is 5.86. The first-order chi connectivity index (χ1) is 18.6. The highest BCUT2D eigenvalue weighted by Gasteiger charge is 2.38. The van der Waals surface area contributed by atoms with E-state index in [2.05, 4.69) is 36.6 Å². The molecule has 0 atom stereocenters. The molecule has 1 aliphatic heterocycles. The second-order valence-electron chi connectivity index (χ2n) is 9.61. The van der Waals surface area contributed by atoms with Crippen LogP contribution in [0.1, 0.15) is 54.7 Å². The molecule has 5 rings (SSSR count). The highest BCUT2D eigenvalue weighted by molar-refractivity contribution is 5.94. The van der Waals surface area contributed by atoms with Gasteiger partial charge in [0.1, 0.15) is 5.52 Å². The minimum atomic E-state index is -5.08. The lowest BCUT2D eigenvalue weighted by molar-refractivity contribution is -0.192. The summed E-state index contributed by atoms with van der Waals surface area (Å²) in [4.78, 5) is 33.5. The number of carboxylic acids is 1. The Morgan fingerprint density at radius 1 is 0.974 bits per heavy atom. The number of amides is 1. The van der Waals surface area contributed by atoms with Gasteiger partial charge in [0.25, 0.3) is 5.91 Å². The molecule has 0 bridgehead atoms. The molecule has 0 radical (unpaired) electrons. The second kappa shape index (κ2) is 11.7. The van der Waals surface area contributed by atoms with Crippen LogP contribution in [0.5, 0.6) is 0 Å². The normalized spacial score (nSPS) is 14.3. The minimum Gasteiger partial charge on any atom is -0.475 e. The van der Waals surface area contributed by atoms with Gasteiger partial charge in [0.05, 0.1) is 17.5 Å². The van der Waals surface area contributed by atoms with Gasteiger partial charge in [0.15, 0.2) is 0 Å². The van der Waals surface area contributed by atoms with Crippen LogP contribution in [0.3, 0.4) is 0 Å². The van der Waals surface area contributed by atoms with Crippen molar-refractivity contribution in [3.8, 4) is 11.3 Å². The third-order valence-corrected chi connectivity index (χ3v) is 6.65. The molecule has 4 aromatic rings. The van der Waals surface area contributed by atoms with Crippen LogP contribution in [0.15, 0.2) is 73.1 Å². The lowest BCUT2D eigenvalue weighted by Gasteiger charge is -2.32. The monoisotopic (exact) mass is 538 g/mol. The third kappa shape index (κ3) is 6.45. The van der Waals surface area contributed by atoms with E-state index in [-0.39, 0.29) is 5.91 Å². The second-order valence-corrected chi connectivity index (χ2v) is 9.61. The zero-order valence-corrected chi connectivity index (χ0v) is 21.6. The molecule has 204 valence electrons. The van der Waals surface area contributed by atoms with Crippen molar-refractivity contribution in [2.75, 3.05) is 13.1 Å². The fourth-order valence-corrected chi connectivity index (χ4v) is 4.61. The number of imidazole rings is 1. The quantitative estimate of drug-likeness (QED) is 0.328. The van der Waals surface area contributed by atoms with Gasteiger partial charge in [0, 0.05) is 41.9 Å². The zero-order chi connectivity index (χ0) is 28.2. The average molecular weight is 539 g/mol. The van der Waals surface area contributed by atoms with Crippen molar-refractivity contribution in [2.24, 2.45) is 0 Å². The van der Waals surface area contributed by atoms with Crippen molar-refractivity contribution >= 4 is 22.9 Å². The standard InChI is InChI=1S/C27H28N4O.C2HF3O2/c1-19(2)31-18-28-26-24(31)17-23(29-25(26)21-9-5-3-6-10-21)20-13-15-30(16-14-20)27(32)22-11-7-4-8-12-22;3-2(4,5)1(6)7/h3-12,17-20H,13-16H2,1-2H3;(H,6,7). The summed E-state index contributed by atoms with van der Waals surface area (Å²) < 4.78 is 34.0. The number of halogens is 3. The number of piperidine rings is 1. The Labute approximate surface area is 223 Å². The van der Waals surface area contributed by atoms with Gasteiger partial charge in [-0.25, -0.2) is 9.78 Å². The van der Waals surface area contributed by atoms with Gasteiger partial charge in [-0.3, -0.25) is 9.78 Å². The number of benzene rings is 2. The molecule has 1 N–H and O–H groups in total. The van der Waals surface area contributed by atoms with Crippen LogP contribution in [-0.4, -0.2) is 55.7 Å². The Bertz CT molecular complexity index is 1430. The van der Waals surface area contributed by atoms with Gasteiger partial charge in [-0.15, -0.1) is 0 Å². The molecule has 7 nitrogen and oxygen atoms in total. The lowest BCUT2D eigenvalue weighted by Crippen LogP contribution is -2.38. The summed E-state index contributed by atoms with van der Waals surface area (Å²) in [6, 6.07) is 22.4. The molecule has 10 heteroatoms. The molecule has 0 aliphatic carbocycles. The predicted molar refractivity (Wildman–Crippen MR) is 141 cm³/mol. The van der Waals surface area contributed by atoms with E-state index in [1.807, 2.05) is 59.8 Å². The third-order valence-electron chi connectivity index (χ3n) is 6.65. The van der Waals surface area contributed by atoms with E-state index in [0.717, 1.165) is 59.5 Å². The molecule has 0 spiro atoms. The number of hydrogen-bond donors (Lipinski definition) is 1. The Hall–Kier alpha value is -4.21. The van der Waals surface area contributed by atoms with E-state index in [4.69, 9.17) is 19.9 Å². The number of hydrogen-bond acceptors (Lipinski definition) is 4. The van der Waals surface area contributed by atoms with Crippen molar-refractivity contribution in [2.45, 2.75) is 44.8 Å². The summed E-state index contributed by atoms with van der Waals surface area (Å²) in [7, 11) is 0. The van der Waals surface area contributed by atoms with E-state index in [9.17, 15) is 18.0 Å². The van der Waals surface area contributed by atoms with Crippen LogP contribution in [0.2, 0.25) is 0 Å². The van der Waals surface area contributed by atoms with Crippen molar-refractivity contribution in [1.29, 1.82) is 0 Å². The fourth-order valence-electron chi connectivity index (χ4n) is 4.61. The van der Waals surface area contributed by atoms with Gasteiger partial charge in [-0.2, -0.15) is 13.2 Å². The number of alkyl halides is 3. The number of carbonyl (C=O) groups excluding carboxylic acids is 1. The average Bonchev–Trinajstić information content (AvgIpc) is 3.37. The minimum absolute atomic E-state index is 0.121. The molecule has 0 saturated carbocycles. The first-order valence-corrected chi connectivity index (χ1v) is 12.6. The Balaban J connectivity index is 0.000000448. The number of nitrogens with zero attached hydrogens (tertiary/aromatic N) is 4. The van der Waals surface area contributed by atoms with Crippen LogP contribution in [0.25, 0.3) is 22.3 Å². The SMILES string of the molecule is CC(C)n1cnc2c(-c3ccccc3)nc(C3CCN(C(=O)c4ccccc4)CC3)cc21.O=C(O)C(F)(F)F. The molecule has 2 aromatic heterocycles. The highest BCUT2D eigenvalue weighted by atomic mass is 19.4. The van der Waals surface area contributed by atoms with Crippen LogP contribution in [0, 0.1) is 0 Å². The van der Waals surface area contributed by atoms with Gasteiger partial charge in [-0.05, 0) is 44.9 Å². The van der Waals surface area contributed by atoms with Crippen LogP contribution >= 0.6 is 0 Å². The largest absolute Gasteiger partial charge is 0.490 e. The van der Waals surface area contributed by atoms with E-state index < -0.39 is 12.1 Å². The number of carbonyl (C=O) groups is 2. The first-order valence-electron chi connectivity index (χ1n) is 12.6. The molecule has 1 aliphatic rings. The molecule has 1 amide bonds. The number of aliphatic carboxylic acids is 1. The Morgan fingerprint density at radius 3 is 2.08 bits per heavy atom. The topological polar surface area (TPSA) is 88.3 Å². The number of rotatable bonds is 4. The maximum absolute atomic E-state index is 12.8. The van der Waals surface area contributed by atoms with Gasteiger partial charge >= 0.3 is 12.1 Å². The van der Waals surface area contributed by atoms with Crippen molar-refractivity contribution < 1.29 is 27.9 Å². The zero-order valence-electron chi connectivity index (χ0n) is 21.6. The van der Waals surface area contributed by atoms with E-state index in [1.54, 1.807) is 0 Å². The molecular formula is C29H29F3N4O3. The van der Waals surface area contributed by atoms with E-state index in [0.29, 0.717) is 12.0 Å². The van der Waals surface area contributed by atoms with Gasteiger partial charge in [0.2, 0.25) is 0 Å². The number of carboxylic acid groups (broad SMARTS) is 1. The van der Waals surface area contributed by atoms with E-state index in [1.165, 1.54) is 0 Å². The van der Waals surface area contributed by atoms with Crippen LogP contribution in [0.4, 0.5) is 13.2 Å². The maximum atomic E-state index is 12.8. The fraction of sp³-hybridized carbons (Fsp3) is 0.310. The Kier molecular flexibility index (Phi) is 8.32. The molecule has 1 saturated heterocycles. The number of fused-ring (bicyclic) bond motifs is 1. The predicted octanol–water partition coefficient (Wildman–Crippen LogP) is 6.33. The van der Waals surface area contributed by atoms with E-state index >= 15 is 0 Å². The lowest BCUT2D eigenvalue weighted by atomic mass is 9.92. The van der Waals surface area contributed by atoms with Crippen LogP contribution in [-0.2, 0) is 4.79 Å². The van der Waals surface area contributed by atoms with Crippen molar-refractivity contribution in [3.63, 3.8) is 0 Å². The van der Waals surface area contributed by atoms with Crippen LogP contribution < -0.4 is 0 Å². The number of likely N-dealkylation sites (tertiary alicyclic amines) is 1. The smallest absolute Gasteiger partial charge is 0.475 e. The van der Waals surface area contributed by atoms with Gasteiger partial charge < -0.3 is 14.6 Å². The molecule has 39 heavy (non-hydrogen) atoms. The summed E-state index contributed by atoms with van der Waals surface area (Å²) in [5, 5.41) is 7.12. The molecule has 3 heterocycles. The number of pyridine rings is 1. The summed E-state index contributed by atoms with van der Waals surface area (Å²) >= 11 is 0. The highest BCUT2D eigenvalue weighted by Crippen LogP contribution is 2.34. The van der Waals surface area contributed by atoms with Crippen molar-refractivity contribution in [1.82, 2.24) is 19.4 Å². The van der Waals surface area contributed by atoms with Crippen molar-refractivity contribution in [3.05, 3.63) is 84.3 Å². The molecule has 1 fully saturated rings. The molecule has 2 aromatic carbocycles. The number of aromatic nitrogens is 3.